The highest BCUT2D eigenvalue weighted by Crippen LogP contribution is 2.20. The third-order valence-electron chi connectivity index (χ3n) is 4.16. The molecule has 0 fully saturated rings. The molecule has 0 N–H and O–H groups in total. The Bertz CT molecular complexity index is 873. The first-order chi connectivity index (χ1) is 11.6. The second kappa shape index (κ2) is 6.69. The van der Waals surface area contributed by atoms with Crippen LogP contribution in [0.25, 0.3) is 11.3 Å². The molecule has 0 saturated carbocycles. The van der Waals surface area contributed by atoms with Crippen molar-refractivity contribution in [2.75, 3.05) is 7.05 Å². The van der Waals surface area contributed by atoms with Gasteiger partial charge in [0.1, 0.15) is 17.5 Å². The third-order valence-corrected chi connectivity index (χ3v) is 4.16. The van der Waals surface area contributed by atoms with Gasteiger partial charge in [0.2, 0.25) is 0 Å². The van der Waals surface area contributed by atoms with Crippen molar-refractivity contribution in [3.63, 3.8) is 0 Å². The van der Waals surface area contributed by atoms with E-state index in [0.717, 1.165) is 34.8 Å². The van der Waals surface area contributed by atoms with Gasteiger partial charge in [-0.1, -0.05) is 5.16 Å². The van der Waals surface area contributed by atoms with E-state index in [2.05, 4.69) is 21.1 Å². The maximum Gasteiger partial charge on any atom is 0.151 e. The van der Waals surface area contributed by atoms with Crippen LogP contribution in [0.1, 0.15) is 22.7 Å². The summed E-state index contributed by atoms with van der Waals surface area (Å²) in [6, 6.07) is 9.91. The van der Waals surface area contributed by atoms with Gasteiger partial charge in [0, 0.05) is 43.3 Å². The van der Waals surface area contributed by atoms with Crippen LogP contribution in [0.4, 0.5) is 0 Å². The summed E-state index contributed by atoms with van der Waals surface area (Å²) in [7, 11) is 3.93. The molecule has 3 rings (SSSR count). The van der Waals surface area contributed by atoms with Gasteiger partial charge in [-0.15, -0.1) is 0 Å². The zero-order valence-corrected chi connectivity index (χ0v) is 14.0. The van der Waals surface area contributed by atoms with Crippen molar-refractivity contribution in [2.24, 2.45) is 7.05 Å². The molecular weight excluding hydrogens is 302 g/mol. The fourth-order valence-corrected chi connectivity index (χ4v) is 2.69. The molecule has 0 spiro atoms. The monoisotopic (exact) mass is 321 g/mol. The van der Waals surface area contributed by atoms with E-state index in [4.69, 9.17) is 9.78 Å². The molecular formula is C18H19N5O. The van der Waals surface area contributed by atoms with Gasteiger partial charge in [-0.2, -0.15) is 5.26 Å². The molecule has 0 amide bonds. The van der Waals surface area contributed by atoms with Crippen molar-refractivity contribution in [2.45, 2.75) is 20.0 Å². The van der Waals surface area contributed by atoms with Crippen LogP contribution in [0, 0.1) is 18.3 Å². The quantitative estimate of drug-likeness (QED) is 0.722. The molecule has 3 aromatic rings. The van der Waals surface area contributed by atoms with E-state index in [-0.39, 0.29) is 0 Å². The van der Waals surface area contributed by atoms with Crippen LogP contribution < -0.4 is 0 Å². The number of nitriles is 1. The minimum Gasteiger partial charge on any atom is -0.359 e. The van der Waals surface area contributed by atoms with Crippen LogP contribution in [0.2, 0.25) is 0 Å². The fraction of sp³-hybridized carbons (Fsp3) is 0.278. The number of rotatable bonds is 5. The minimum atomic E-state index is 0.647. The molecule has 6 nitrogen and oxygen atoms in total. The smallest absolute Gasteiger partial charge is 0.151 e. The van der Waals surface area contributed by atoms with Gasteiger partial charge in [0.05, 0.1) is 6.54 Å². The Morgan fingerprint density at radius 1 is 1.25 bits per heavy atom. The van der Waals surface area contributed by atoms with Gasteiger partial charge in [-0.05, 0) is 37.7 Å². The highest BCUT2D eigenvalue weighted by Gasteiger charge is 2.13. The summed E-state index contributed by atoms with van der Waals surface area (Å²) in [5.74, 6) is 0.804. The van der Waals surface area contributed by atoms with Crippen LogP contribution in [-0.4, -0.2) is 26.7 Å². The molecule has 24 heavy (non-hydrogen) atoms. The topological polar surface area (TPSA) is 70.9 Å². The summed E-state index contributed by atoms with van der Waals surface area (Å²) in [6.45, 7) is 3.42. The first-order valence-electron chi connectivity index (χ1n) is 7.68. The molecule has 6 heteroatoms. The average Bonchev–Trinajstić information content (AvgIpc) is 3.15. The molecule has 3 heterocycles. The number of hydrogen-bond acceptors (Lipinski definition) is 5. The predicted octanol–water partition coefficient (Wildman–Crippen LogP) is 2.89. The van der Waals surface area contributed by atoms with Crippen LogP contribution >= 0.6 is 0 Å². The molecule has 0 aliphatic heterocycles. The van der Waals surface area contributed by atoms with E-state index in [1.54, 1.807) is 12.4 Å². The zero-order valence-electron chi connectivity index (χ0n) is 14.0. The lowest BCUT2D eigenvalue weighted by atomic mass is 10.2. The molecule has 0 radical (unpaired) electrons. The molecule has 0 aromatic carbocycles. The van der Waals surface area contributed by atoms with Crippen molar-refractivity contribution in [1.82, 2.24) is 19.6 Å². The van der Waals surface area contributed by atoms with E-state index in [0.29, 0.717) is 12.2 Å². The first-order valence-corrected chi connectivity index (χ1v) is 7.68. The van der Waals surface area contributed by atoms with Gasteiger partial charge in [-0.25, -0.2) is 0 Å². The minimum absolute atomic E-state index is 0.647. The molecule has 0 unspecified atom stereocenters. The van der Waals surface area contributed by atoms with E-state index in [1.165, 1.54) is 0 Å². The van der Waals surface area contributed by atoms with Crippen LogP contribution in [0.3, 0.4) is 0 Å². The summed E-state index contributed by atoms with van der Waals surface area (Å²) >= 11 is 0. The second-order valence-electron chi connectivity index (χ2n) is 5.90. The Morgan fingerprint density at radius 2 is 2.00 bits per heavy atom. The van der Waals surface area contributed by atoms with Gasteiger partial charge in [0.15, 0.2) is 5.76 Å². The molecule has 3 aromatic heterocycles. The number of pyridine rings is 1. The van der Waals surface area contributed by atoms with E-state index in [1.807, 2.05) is 49.9 Å². The maximum atomic E-state index is 9.12. The lowest BCUT2D eigenvalue weighted by Gasteiger charge is -2.14. The Balaban J connectivity index is 1.69. The SMILES string of the molecule is Cc1c(CN(C)Cc2cc(-c3ccncc3)no2)cc(C#N)n1C. The summed E-state index contributed by atoms with van der Waals surface area (Å²) in [5.41, 5.74) is 4.72. The number of hydrogen-bond donors (Lipinski definition) is 0. The normalized spacial score (nSPS) is 11.0. The molecule has 0 atom stereocenters. The molecule has 0 bridgehead atoms. The third kappa shape index (κ3) is 3.21. The van der Waals surface area contributed by atoms with Gasteiger partial charge in [0.25, 0.3) is 0 Å². The van der Waals surface area contributed by atoms with Gasteiger partial charge < -0.3 is 9.09 Å². The lowest BCUT2D eigenvalue weighted by Crippen LogP contribution is -2.17. The van der Waals surface area contributed by atoms with Crippen LogP contribution in [-0.2, 0) is 20.1 Å². The molecule has 122 valence electrons. The molecule has 0 aliphatic rings. The van der Waals surface area contributed by atoms with Crippen molar-refractivity contribution in [3.8, 4) is 17.3 Å². The van der Waals surface area contributed by atoms with Crippen molar-refractivity contribution in [3.05, 3.63) is 59.4 Å². The Labute approximate surface area is 140 Å². The summed E-state index contributed by atoms with van der Waals surface area (Å²) in [4.78, 5) is 6.14. The van der Waals surface area contributed by atoms with Gasteiger partial charge in [-0.3, -0.25) is 9.88 Å². The van der Waals surface area contributed by atoms with Crippen LogP contribution in [0.5, 0.6) is 0 Å². The highest BCUT2D eigenvalue weighted by atomic mass is 16.5. The maximum absolute atomic E-state index is 9.12. The molecule has 0 saturated heterocycles. The van der Waals surface area contributed by atoms with Crippen LogP contribution in [0.15, 0.2) is 41.2 Å². The lowest BCUT2D eigenvalue weighted by molar-refractivity contribution is 0.266. The summed E-state index contributed by atoms with van der Waals surface area (Å²) in [6.07, 6.45) is 3.47. The fourth-order valence-electron chi connectivity index (χ4n) is 2.69. The van der Waals surface area contributed by atoms with E-state index < -0.39 is 0 Å². The van der Waals surface area contributed by atoms with E-state index >= 15 is 0 Å². The van der Waals surface area contributed by atoms with Crippen molar-refractivity contribution >= 4 is 0 Å². The average molecular weight is 321 g/mol. The first kappa shape index (κ1) is 16.0. The standard InChI is InChI=1S/C18H19N5O/c1-13-15(8-16(10-19)23(13)3)11-22(2)12-17-9-18(21-24-17)14-4-6-20-7-5-14/h4-9H,11-12H2,1-3H3. The Kier molecular flexibility index (Phi) is 4.45. The Morgan fingerprint density at radius 3 is 2.67 bits per heavy atom. The predicted molar refractivity (Wildman–Crippen MR) is 89.8 cm³/mol. The van der Waals surface area contributed by atoms with E-state index in [9.17, 15) is 0 Å². The summed E-state index contributed by atoms with van der Waals surface area (Å²) < 4.78 is 7.35. The van der Waals surface area contributed by atoms with Crippen molar-refractivity contribution < 1.29 is 4.52 Å². The Hall–Kier alpha value is -2.91. The number of nitrogens with zero attached hydrogens (tertiary/aromatic N) is 5. The van der Waals surface area contributed by atoms with Crippen molar-refractivity contribution in [1.29, 1.82) is 5.26 Å². The van der Waals surface area contributed by atoms with Gasteiger partial charge >= 0.3 is 0 Å². The summed E-state index contributed by atoms with van der Waals surface area (Å²) in [5, 5.41) is 13.2. The molecule has 0 aliphatic carbocycles. The zero-order chi connectivity index (χ0) is 17.1. The highest BCUT2D eigenvalue weighted by molar-refractivity contribution is 5.57. The largest absolute Gasteiger partial charge is 0.359 e. The number of aromatic nitrogens is 3. The second-order valence-corrected chi connectivity index (χ2v) is 5.90.